The summed E-state index contributed by atoms with van der Waals surface area (Å²) in [6, 6.07) is 19.4. The molecule has 3 aromatic rings. The Kier molecular flexibility index (Phi) is 3.62. The van der Waals surface area contributed by atoms with Crippen molar-refractivity contribution in [3.8, 4) is 11.1 Å². The van der Waals surface area contributed by atoms with Gasteiger partial charge in [0.05, 0.1) is 5.69 Å². The quantitative estimate of drug-likeness (QED) is 0.751. The van der Waals surface area contributed by atoms with Crippen molar-refractivity contribution < 1.29 is 4.52 Å². The van der Waals surface area contributed by atoms with Crippen molar-refractivity contribution >= 4 is 5.88 Å². The van der Waals surface area contributed by atoms with Crippen molar-refractivity contribution in [1.82, 2.24) is 5.16 Å². The Balaban J connectivity index is 1.66. The summed E-state index contributed by atoms with van der Waals surface area (Å²) in [5.74, 6) is 1.17. The Labute approximate surface area is 136 Å². The lowest BCUT2D eigenvalue weighted by atomic mass is 9.82. The predicted octanol–water partition coefficient (Wildman–Crippen LogP) is 4.85. The molecule has 0 saturated carbocycles. The number of benzene rings is 2. The third-order valence-corrected chi connectivity index (χ3v) is 4.72. The molecule has 2 aromatic carbocycles. The van der Waals surface area contributed by atoms with Crippen LogP contribution in [0.1, 0.15) is 35.6 Å². The average molecular weight is 304 g/mol. The molecule has 0 bridgehead atoms. The van der Waals surface area contributed by atoms with Gasteiger partial charge in [-0.3, -0.25) is 0 Å². The van der Waals surface area contributed by atoms with Crippen LogP contribution in [0.25, 0.3) is 11.1 Å². The minimum absolute atomic E-state index is 0.342. The van der Waals surface area contributed by atoms with Gasteiger partial charge in [-0.05, 0) is 36.0 Å². The molecule has 0 radical (unpaired) electrons. The molecular formula is C20H20N2O. The molecule has 1 atom stereocenters. The van der Waals surface area contributed by atoms with Crippen LogP contribution in [0.2, 0.25) is 0 Å². The Bertz CT molecular complexity index is 790. The van der Waals surface area contributed by atoms with Crippen molar-refractivity contribution in [3.05, 3.63) is 71.4 Å². The van der Waals surface area contributed by atoms with E-state index in [1.165, 1.54) is 28.7 Å². The highest BCUT2D eigenvalue weighted by molar-refractivity contribution is 5.63. The van der Waals surface area contributed by atoms with Gasteiger partial charge in [-0.25, -0.2) is 0 Å². The maximum absolute atomic E-state index is 5.45. The van der Waals surface area contributed by atoms with E-state index in [1.54, 1.807) is 0 Å². The highest BCUT2D eigenvalue weighted by atomic mass is 16.5. The molecule has 23 heavy (non-hydrogen) atoms. The molecule has 0 saturated heterocycles. The van der Waals surface area contributed by atoms with Crippen LogP contribution in [0.5, 0.6) is 0 Å². The summed E-state index contributed by atoms with van der Waals surface area (Å²) in [5.41, 5.74) is 6.18. The van der Waals surface area contributed by atoms with E-state index >= 15 is 0 Å². The molecule has 3 heteroatoms. The highest BCUT2D eigenvalue weighted by Crippen LogP contribution is 2.39. The van der Waals surface area contributed by atoms with E-state index in [-0.39, 0.29) is 0 Å². The zero-order valence-electron chi connectivity index (χ0n) is 13.3. The van der Waals surface area contributed by atoms with Crippen molar-refractivity contribution in [3.63, 3.8) is 0 Å². The predicted molar refractivity (Wildman–Crippen MR) is 92.7 cm³/mol. The number of hydrogen-bond donors (Lipinski definition) is 1. The van der Waals surface area contributed by atoms with Crippen molar-refractivity contribution in [2.24, 2.45) is 0 Å². The summed E-state index contributed by atoms with van der Waals surface area (Å²) in [4.78, 5) is 0. The molecule has 1 heterocycles. The third-order valence-electron chi connectivity index (χ3n) is 4.72. The molecule has 1 aliphatic rings. The summed E-state index contributed by atoms with van der Waals surface area (Å²) in [6.07, 6.45) is 3.36. The van der Waals surface area contributed by atoms with Gasteiger partial charge >= 0.3 is 0 Å². The van der Waals surface area contributed by atoms with Crippen LogP contribution in [0.15, 0.2) is 59.1 Å². The fourth-order valence-electron chi connectivity index (χ4n) is 3.52. The maximum atomic E-state index is 5.45. The molecule has 0 fully saturated rings. The lowest BCUT2D eigenvalue weighted by molar-refractivity contribution is 0.420. The molecule has 116 valence electrons. The second-order valence-corrected chi connectivity index (χ2v) is 6.06. The van der Waals surface area contributed by atoms with Crippen molar-refractivity contribution in [2.75, 3.05) is 12.4 Å². The van der Waals surface area contributed by atoms with Gasteiger partial charge in [0.25, 0.3) is 0 Å². The second-order valence-electron chi connectivity index (χ2n) is 6.06. The molecular weight excluding hydrogens is 284 g/mol. The smallest absolute Gasteiger partial charge is 0.227 e. The van der Waals surface area contributed by atoms with Gasteiger partial charge in [-0.1, -0.05) is 59.8 Å². The van der Waals surface area contributed by atoms with Crippen molar-refractivity contribution in [1.29, 1.82) is 0 Å². The molecule has 3 nitrogen and oxygen atoms in total. The van der Waals surface area contributed by atoms with Crippen LogP contribution in [-0.2, 0) is 6.42 Å². The molecule has 1 aliphatic carbocycles. The normalized spacial score (nSPS) is 16.8. The zero-order chi connectivity index (χ0) is 15.6. The number of rotatable bonds is 3. The van der Waals surface area contributed by atoms with E-state index in [0.717, 1.165) is 24.4 Å². The Morgan fingerprint density at radius 1 is 1.00 bits per heavy atom. The van der Waals surface area contributed by atoms with E-state index in [2.05, 4.69) is 59.0 Å². The highest BCUT2D eigenvalue weighted by Gasteiger charge is 2.28. The first-order valence-electron chi connectivity index (χ1n) is 8.18. The number of nitrogens with one attached hydrogen (secondary N) is 1. The summed E-state index contributed by atoms with van der Waals surface area (Å²) >= 11 is 0. The fraction of sp³-hybridized carbons (Fsp3) is 0.250. The van der Waals surface area contributed by atoms with E-state index in [1.807, 2.05) is 13.1 Å². The molecule has 1 aromatic heterocycles. The lowest BCUT2D eigenvalue weighted by Crippen LogP contribution is -2.11. The first-order valence-corrected chi connectivity index (χ1v) is 8.18. The first kappa shape index (κ1) is 14.1. The minimum Gasteiger partial charge on any atom is -0.357 e. The number of fused-ring (bicyclic) bond motifs is 1. The minimum atomic E-state index is 0.342. The van der Waals surface area contributed by atoms with Crippen LogP contribution in [0.3, 0.4) is 0 Å². The summed E-state index contributed by atoms with van der Waals surface area (Å²) in [6.45, 7) is 0. The van der Waals surface area contributed by atoms with E-state index in [4.69, 9.17) is 4.52 Å². The molecule has 4 rings (SSSR count). The SMILES string of the molecule is CNc1onc2c1CCCC2c1ccc(-c2ccccc2)cc1. The van der Waals surface area contributed by atoms with Gasteiger partial charge in [0.1, 0.15) is 0 Å². The monoisotopic (exact) mass is 304 g/mol. The summed E-state index contributed by atoms with van der Waals surface area (Å²) in [7, 11) is 1.89. The number of aromatic nitrogens is 1. The standard InChI is InChI=1S/C20H20N2O/c1-21-20-18-9-5-8-17(19(18)22-23-20)16-12-10-15(11-13-16)14-6-3-2-4-7-14/h2-4,6-7,10-13,17,21H,5,8-9H2,1H3. The zero-order valence-corrected chi connectivity index (χ0v) is 13.3. The van der Waals surface area contributed by atoms with Gasteiger partial charge in [0.15, 0.2) is 0 Å². The molecule has 0 spiro atoms. The Morgan fingerprint density at radius 3 is 2.48 bits per heavy atom. The van der Waals surface area contributed by atoms with E-state index in [9.17, 15) is 0 Å². The van der Waals surface area contributed by atoms with Crippen molar-refractivity contribution in [2.45, 2.75) is 25.2 Å². The van der Waals surface area contributed by atoms with Gasteiger partial charge in [0.2, 0.25) is 5.88 Å². The van der Waals surface area contributed by atoms with Crippen LogP contribution in [-0.4, -0.2) is 12.2 Å². The second kappa shape index (κ2) is 5.92. The maximum Gasteiger partial charge on any atom is 0.227 e. The van der Waals surface area contributed by atoms with Gasteiger partial charge in [0, 0.05) is 18.5 Å². The first-order chi connectivity index (χ1) is 11.4. The number of nitrogens with zero attached hydrogens (tertiary/aromatic N) is 1. The van der Waals surface area contributed by atoms with Crippen LogP contribution in [0.4, 0.5) is 5.88 Å². The molecule has 0 aliphatic heterocycles. The number of hydrogen-bond acceptors (Lipinski definition) is 3. The van der Waals surface area contributed by atoms with E-state index in [0.29, 0.717) is 5.92 Å². The third kappa shape index (κ3) is 2.52. The lowest BCUT2D eigenvalue weighted by Gasteiger charge is -2.21. The Morgan fingerprint density at radius 2 is 1.74 bits per heavy atom. The Hall–Kier alpha value is -2.55. The van der Waals surface area contributed by atoms with E-state index < -0.39 is 0 Å². The number of anilines is 1. The van der Waals surface area contributed by atoms with Gasteiger partial charge in [-0.15, -0.1) is 0 Å². The van der Waals surface area contributed by atoms with Crippen LogP contribution < -0.4 is 5.32 Å². The van der Waals surface area contributed by atoms with Gasteiger partial charge in [-0.2, -0.15) is 0 Å². The summed E-state index contributed by atoms with van der Waals surface area (Å²) in [5, 5.41) is 7.44. The van der Waals surface area contributed by atoms with Crippen LogP contribution in [0, 0.1) is 0 Å². The van der Waals surface area contributed by atoms with Crippen LogP contribution >= 0.6 is 0 Å². The largest absolute Gasteiger partial charge is 0.357 e. The topological polar surface area (TPSA) is 38.1 Å². The molecule has 0 amide bonds. The molecule has 1 unspecified atom stereocenters. The fourth-order valence-corrected chi connectivity index (χ4v) is 3.52. The summed E-state index contributed by atoms with van der Waals surface area (Å²) < 4.78 is 5.45. The molecule has 1 N–H and O–H groups in total. The average Bonchev–Trinajstić information content (AvgIpc) is 3.06. The van der Waals surface area contributed by atoms with Gasteiger partial charge < -0.3 is 9.84 Å².